The summed E-state index contributed by atoms with van der Waals surface area (Å²) in [6.45, 7) is 1.96. The van der Waals surface area contributed by atoms with Gasteiger partial charge in [0.15, 0.2) is 0 Å². The largest absolute Gasteiger partial charge is 0.332 e. The third kappa shape index (κ3) is 4.13. The average molecular weight is 391 g/mol. The molecule has 0 spiro atoms. The number of rotatable bonds is 5. The molecular formula is C22H25N5O2. The highest BCUT2D eigenvalue weighted by atomic mass is 16.2. The molecule has 150 valence electrons. The van der Waals surface area contributed by atoms with E-state index in [9.17, 15) is 9.59 Å². The molecule has 1 aromatic heterocycles. The van der Waals surface area contributed by atoms with E-state index in [1.807, 2.05) is 41.9 Å². The van der Waals surface area contributed by atoms with Gasteiger partial charge in [0.25, 0.3) is 5.91 Å². The maximum atomic E-state index is 12.8. The second-order valence-electron chi connectivity index (χ2n) is 7.75. The normalized spacial score (nSPS) is 14.3. The summed E-state index contributed by atoms with van der Waals surface area (Å²) < 4.78 is 1.98. The van der Waals surface area contributed by atoms with Gasteiger partial charge in [-0.2, -0.15) is 0 Å². The first-order valence-corrected chi connectivity index (χ1v) is 9.98. The molecule has 7 heteroatoms. The van der Waals surface area contributed by atoms with Gasteiger partial charge in [-0.1, -0.05) is 35.8 Å². The van der Waals surface area contributed by atoms with E-state index in [2.05, 4.69) is 15.6 Å². The van der Waals surface area contributed by atoms with Crippen molar-refractivity contribution in [2.75, 3.05) is 18.9 Å². The summed E-state index contributed by atoms with van der Waals surface area (Å²) in [6.07, 6.45) is 4.69. The van der Waals surface area contributed by atoms with Crippen LogP contribution in [-0.4, -0.2) is 45.3 Å². The standard InChI is InChI=1S/C22H25N5O2/c1-15-7-10-17(11-8-15)23-21(28)14-26(2)22(29)16-9-12-20-19(13-16)24-25-27(20)18-5-3-4-6-18/h7-13,18H,3-6,14H2,1-2H3,(H,23,28). The van der Waals surface area contributed by atoms with Crippen molar-refractivity contribution in [1.29, 1.82) is 0 Å². The molecule has 0 aliphatic heterocycles. The van der Waals surface area contributed by atoms with Gasteiger partial charge in [-0.3, -0.25) is 9.59 Å². The van der Waals surface area contributed by atoms with Gasteiger partial charge in [-0.05, 0) is 50.1 Å². The minimum atomic E-state index is -0.238. The van der Waals surface area contributed by atoms with E-state index in [0.717, 1.165) is 23.9 Å². The Morgan fingerprint density at radius 2 is 1.86 bits per heavy atom. The number of carbonyl (C=O) groups is 2. The smallest absolute Gasteiger partial charge is 0.254 e. The molecule has 0 bridgehead atoms. The number of amides is 2. The quantitative estimate of drug-likeness (QED) is 0.721. The summed E-state index contributed by atoms with van der Waals surface area (Å²) in [5.74, 6) is -0.459. The van der Waals surface area contributed by atoms with Crippen molar-refractivity contribution in [1.82, 2.24) is 19.9 Å². The van der Waals surface area contributed by atoms with Gasteiger partial charge in [0, 0.05) is 18.3 Å². The lowest BCUT2D eigenvalue weighted by molar-refractivity contribution is -0.116. The highest BCUT2D eigenvalue weighted by Crippen LogP contribution is 2.31. The lowest BCUT2D eigenvalue weighted by Gasteiger charge is -2.17. The Hall–Kier alpha value is -3.22. The molecule has 0 atom stereocenters. The molecule has 1 heterocycles. The summed E-state index contributed by atoms with van der Waals surface area (Å²) in [6, 6.07) is 13.4. The monoisotopic (exact) mass is 391 g/mol. The summed E-state index contributed by atoms with van der Waals surface area (Å²) in [7, 11) is 1.62. The molecule has 1 N–H and O–H groups in total. The topological polar surface area (TPSA) is 80.1 Å². The molecule has 0 saturated heterocycles. The van der Waals surface area contributed by atoms with Crippen LogP contribution in [0.1, 0.15) is 47.6 Å². The fourth-order valence-electron chi connectivity index (χ4n) is 3.84. The van der Waals surface area contributed by atoms with E-state index in [1.54, 1.807) is 19.2 Å². The van der Waals surface area contributed by atoms with E-state index >= 15 is 0 Å². The van der Waals surface area contributed by atoms with Crippen LogP contribution in [0.25, 0.3) is 11.0 Å². The molecule has 1 fully saturated rings. The molecule has 1 saturated carbocycles. The second kappa shape index (κ2) is 8.03. The summed E-state index contributed by atoms with van der Waals surface area (Å²) in [5, 5.41) is 11.4. The highest BCUT2D eigenvalue weighted by Gasteiger charge is 2.21. The highest BCUT2D eigenvalue weighted by molar-refractivity contribution is 6.00. The Labute approximate surface area is 169 Å². The van der Waals surface area contributed by atoms with Crippen LogP contribution in [0.2, 0.25) is 0 Å². The van der Waals surface area contributed by atoms with Gasteiger partial charge >= 0.3 is 0 Å². The van der Waals surface area contributed by atoms with Crippen molar-refractivity contribution in [2.24, 2.45) is 0 Å². The first-order valence-electron chi connectivity index (χ1n) is 9.98. The van der Waals surface area contributed by atoms with Crippen LogP contribution >= 0.6 is 0 Å². The zero-order chi connectivity index (χ0) is 20.4. The molecular weight excluding hydrogens is 366 g/mol. The number of benzene rings is 2. The van der Waals surface area contributed by atoms with E-state index in [-0.39, 0.29) is 18.4 Å². The molecule has 1 aliphatic carbocycles. The van der Waals surface area contributed by atoms with Crippen molar-refractivity contribution >= 4 is 28.5 Å². The number of carbonyl (C=O) groups excluding carboxylic acids is 2. The van der Waals surface area contributed by atoms with Gasteiger partial charge in [0.05, 0.1) is 18.1 Å². The lowest BCUT2D eigenvalue weighted by atomic mass is 10.1. The Kier molecular flexibility index (Phi) is 5.29. The third-order valence-electron chi connectivity index (χ3n) is 5.45. The molecule has 2 amide bonds. The molecule has 3 aromatic rings. The summed E-state index contributed by atoms with van der Waals surface area (Å²) in [4.78, 5) is 26.5. The lowest BCUT2D eigenvalue weighted by Crippen LogP contribution is -2.34. The van der Waals surface area contributed by atoms with Crippen molar-refractivity contribution < 1.29 is 9.59 Å². The van der Waals surface area contributed by atoms with Crippen molar-refractivity contribution in [3.8, 4) is 0 Å². The van der Waals surface area contributed by atoms with E-state index in [4.69, 9.17) is 0 Å². The van der Waals surface area contributed by atoms with Gasteiger partial charge < -0.3 is 10.2 Å². The Morgan fingerprint density at radius 3 is 2.59 bits per heavy atom. The number of hydrogen-bond acceptors (Lipinski definition) is 4. The molecule has 0 radical (unpaired) electrons. The molecule has 29 heavy (non-hydrogen) atoms. The summed E-state index contributed by atoms with van der Waals surface area (Å²) in [5.41, 5.74) is 4.00. The number of likely N-dealkylation sites (N-methyl/N-ethyl adjacent to an activating group) is 1. The zero-order valence-corrected chi connectivity index (χ0v) is 16.8. The van der Waals surface area contributed by atoms with Crippen LogP contribution in [0.3, 0.4) is 0 Å². The average Bonchev–Trinajstić information content (AvgIpc) is 3.37. The number of nitrogens with one attached hydrogen (secondary N) is 1. The Balaban J connectivity index is 1.43. The van der Waals surface area contributed by atoms with Gasteiger partial charge in [0.2, 0.25) is 5.91 Å². The van der Waals surface area contributed by atoms with Crippen molar-refractivity contribution in [2.45, 2.75) is 38.6 Å². The first-order chi connectivity index (χ1) is 14.0. The van der Waals surface area contributed by atoms with Crippen LogP contribution < -0.4 is 5.32 Å². The molecule has 1 aliphatic rings. The molecule has 4 rings (SSSR count). The number of hydrogen-bond donors (Lipinski definition) is 1. The van der Waals surface area contributed by atoms with Gasteiger partial charge in [0.1, 0.15) is 5.52 Å². The van der Waals surface area contributed by atoms with E-state index < -0.39 is 0 Å². The zero-order valence-electron chi connectivity index (χ0n) is 16.8. The van der Waals surface area contributed by atoms with E-state index in [0.29, 0.717) is 22.8 Å². The minimum absolute atomic E-state index is 0.0283. The maximum absolute atomic E-state index is 12.8. The SMILES string of the molecule is Cc1ccc(NC(=O)CN(C)C(=O)c2ccc3c(c2)nnn3C2CCCC2)cc1. The van der Waals surface area contributed by atoms with Crippen LogP contribution in [-0.2, 0) is 4.79 Å². The predicted octanol–water partition coefficient (Wildman–Crippen LogP) is 3.57. The van der Waals surface area contributed by atoms with Crippen molar-refractivity contribution in [3.63, 3.8) is 0 Å². The van der Waals surface area contributed by atoms with Crippen LogP contribution in [0.5, 0.6) is 0 Å². The molecule has 7 nitrogen and oxygen atoms in total. The fraction of sp³-hybridized carbons (Fsp3) is 0.364. The number of aromatic nitrogens is 3. The number of anilines is 1. The van der Waals surface area contributed by atoms with Crippen LogP contribution in [0.4, 0.5) is 5.69 Å². The second-order valence-corrected chi connectivity index (χ2v) is 7.75. The Bertz CT molecular complexity index is 1040. The fourth-order valence-corrected chi connectivity index (χ4v) is 3.84. The number of nitrogens with zero attached hydrogens (tertiary/aromatic N) is 4. The molecule has 2 aromatic carbocycles. The van der Waals surface area contributed by atoms with Gasteiger partial charge in [-0.15, -0.1) is 5.10 Å². The summed E-state index contributed by atoms with van der Waals surface area (Å²) >= 11 is 0. The number of aryl methyl sites for hydroxylation is 1. The van der Waals surface area contributed by atoms with Crippen LogP contribution in [0, 0.1) is 6.92 Å². The van der Waals surface area contributed by atoms with Crippen molar-refractivity contribution in [3.05, 3.63) is 53.6 Å². The first kappa shape index (κ1) is 19.1. The maximum Gasteiger partial charge on any atom is 0.254 e. The minimum Gasteiger partial charge on any atom is -0.332 e. The Morgan fingerprint density at radius 1 is 1.14 bits per heavy atom. The third-order valence-corrected chi connectivity index (χ3v) is 5.45. The van der Waals surface area contributed by atoms with Crippen LogP contribution in [0.15, 0.2) is 42.5 Å². The van der Waals surface area contributed by atoms with Gasteiger partial charge in [-0.25, -0.2) is 4.68 Å². The molecule has 0 unspecified atom stereocenters. The number of fused-ring (bicyclic) bond motifs is 1. The van der Waals surface area contributed by atoms with E-state index in [1.165, 1.54) is 17.7 Å². The predicted molar refractivity (Wildman–Crippen MR) is 112 cm³/mol.